The Kier molecular flexibility index (Phi) is 4.55. The van der Waals surface area contributed by atoms with Crippen molar-refractivity contribution in [3.8, 4) is 22.8 Å². The molecule has 2 aromatic heterocycles. The van der Waals surface area contributed by atoms with Gasteiger partial charge in [0.1, 0.15) is 11.7 Å². The number of fused-ring (bicyclic) bond motifs is 2. The van der Waals surface area contributed by atoms with Gasteiger partial charge in [-0.25, -0.2) is 5.10 Å². The maximum Gasteiger partial charge on any atom is 0.288 e. The van der Waals surface area contributed by atoms with Gasteiger partial charge in [0.05, 0.1) is 12.3 Å². The topological polar surface area (TPSA) is 131 Å². The summed E-state index contributed by atoms with van der Waals surface area (Å²) in [5.74, 6) is 0.640. The second kappa shape index (κ2) is 7.40. The minimum atomic E-state index is -0.596. The lowest BCUT2D eigenvalue weighted by molar-refractivity contribution is 0.317. The van der Waals surface area contributed by atoms with E-state index in [1.54, 1.807) is 28.9 Å². The SMILES string of the molecule is CCOc1cc([C@H]2c3c(-c4ccc(Cl)cc4)n[nH]c(=O)c3Nc3nnnn32)ccc1O. The van der Waals surface area contributed by atoms with Crippen molar-refractivity contribution in [2.24, 2.45) is 0 Å². The summed E-state index contributed by atoms with van der Waals surface area (Å²) in [6, 6.07) is 11.5. The second-order valence-electron chi connectivity index (χ2n) is 6.83. The summed E-state index contributed by atoms with van der Waals surface area (Å²) >= 11 is 6.05. The summed E-state index contributed by atoms with van der Waals surface area (Å²) < 4.78 is 7.11. The molecule has 0 unspecified atom stereocenters. The van der Waals surface area contributed by atoms with Gasteiger partial charge in [-0.3, -0.25) is 4.79 Å². The van der Waals surface area contributed by atoms with Crippen molar-refractivity contribution >= 4 is 23.2 Å². The molecule has 156 valence electrons. The largest absolute Gasteiger partial charge is 0.504 e. The van der Waals surface area contributed by atoms with Gasteiger partial charge >= 0.3 is 0 Å². The molecule has 1 aliphatic heterocycles. The fraction of sp³-hybridized carbons (Fsp3) is 0.150. The van der Waals surface area contributed by atoms with Crippen LogP contribution in [0.4, 0.5) is 11.6 Å². The molecule has 0 radical (unpaired) electrons. The third-order valence-electron chi connectivity index (χ3n) is 4.99. The highest BCUT2D eigenvalue weighted by Gasteiger charge is 2.34. The number of ether oxygens (including phenoxy) is 1. The average Bonchev–Trinajstić information content (AvgIpc) is 3.24. The van der Waals surface area contributed by atoms with Crippen LogP contribution in [0.25, 0.3) is 11.3 Å². The van der Waals surface area contributed by atoms with E-state index < -0.39 is 11.6 Å². The molecule has 0 saturated carbocycles. The zero-order chi connectivity index (χ0) is 21.5. The monoisotopic (exact) mass is 437 g/mol. The predicted molar refractivity (Wildman–Crippen MR) is 113 cm³/mol. The Morgan fingerprint density at radius 2 is 2.03 bits per heavy atom. The summed E-state index contributed by atoms with van der Waals surface area (Å²) in [4.78, 5) is 12.7. The number of phenolic OH excluding ortho intramolecular Hbond substituents is 1. The van der Waals surface area contributed by atoms with E-state index in [4.69, 9.17) is 16.3 Å². The van der Waals surface area contributed by atoms with Crippen LogP contribution >= 0.6 is 11.6 Å². The van der Waals surface area contributed by atoms with Gasteiger partial charge in [-0.1, -0.05) is 34.9 Å². The molecule has 1 aliphatic rings. The van der Waals surface area contributed by atoms with Crippen molar-refractivity contribution in [3.05, 3.63) is 69.0 Å². The van der Waals surface area contributed by atoms with Crippen LogP contribution in [0.3, 0.4) is 0 Å². The van der Waals surface area contributed by atoms with E-state index >= 15 is 0 Å². The first-order chi connectivity index (χ1) is 15.1. The molecule has 11 heteroatoms. The number of H-pyrrole nitrogens is 1. The van der Waals surface area contributed by atoms with Crippen molar-refractivity contribution < 1.29 is 9.84 Å². The number of nitrogens with zero attached hydrogens (tertiary/aromatic N) is 5. The Labute approximate surface area is 180 Å². The highest BCUT2D eigenvalue weighted by atomic mass is 35.5. The van der Waals surface area contributed by atoms with Crippen LogP contribution < -0.4 is 15.6 Å². The third kappa shape index (κ3) is 3.17. The summed E-state index contributed by atoms with van der Waals surface area (Å²) in [6.07, 6.45) is 0. The van der Waals surface area contributed by atoms with Gasteiger partial charge in [0.15, 0.2) is 11.5 Å². The first-order valence-electron chi connectivity index (χ1n) is 9.46. The number of aromatic nitrogens is 6. The van der Waals surface area contributed by atoms with Crippen LogP contribution in [0.1, 0.15) is 24.1 Å². The molecule has 5 rings (SSSR count). The fourth-order valence-electron chi connectivity index (χ4n) is 3.65. The van der Waals surface area contributed by atoms with Gasteiger partial charge in [-0.15, -0.1) is 0 Å². The molecular weight excluding hydrogens is 422 g/mol. The summed E-state index contributed by atoms with van der Waals surface area (Å²) in [5, 5.41) is 32.4. The number of rotatable bonds is 4. The van der Waals surface area contributed by atoms with E-state index in [2.05, 4.69) is 31.0 Å². The van der Waals surface area contributed by atoms with Gasteiger partial charge in [0.25, 0.3) is 5.56 Å². The van der Waals surface area contributed by atoms with Crippen LogP contribution in [0.5, 0.6) is 11.5 Å². The van der Waals surface area contributed by atoms with Gasteiger partial charge in [-0.2, -0.15) is 9.78 Å². The Morgan fingerprint density at radius 1 is 1.23 bits per heavy atom. The lowest BCUT2D eigenvalue weighted by Gasteiger charge is -2.28. The minimum absolute atomic E-state index is 0.0126. The highest BCUT2D eigenvalue weighted by Crippen LogP contribution is 2.42. The van der Waals surface area contributed by atoms with E-state index in [1.165, 1.54) is 6.07 Å². The zero-order valence-corrected chi connectivity index (χ0v) is 17.0. The van der Waals surface area contributed by atoms with Crippen molar-refractivity contribution in [2.75, 3.05) is 11.9 Å². The van der Waals surface area contributed by atoms with Gasteiger partial charge in [0, 0.05) is 16.1 Å². The van der Waals surface area contributed by atoms with E-state index in [1.807, 2.05) is 19.1 Å². The lowest BCUT2D eigenvalue weighted by Crippen LogP contribution is -2.29. The number of phenols is 1. The number of halogens is 1. The number of hydrogen-bond donors (Lipinski definition) is 3. The average molecular weight is 438 g/mol. The zero-order valence-electron chi connectivity index (χ0n) is 16.2. The number of benzene rings is 2. The number of hydrogen-bond acceptors (Lipinski definition) is 8. The number of aromatic hydroxyl groups is 1. The van der Waals surface area contributed by atoms with Crippen molar-refractivity contribution in [3.63, 3.8) is 0 Å². The van der Waals surface area contributed by atoms with Crippen molar-refractivity contribution in [2.45, 2.75) is 13.0 Å². The maximum absolute atomic E-state index is 12.7. The van der Waals surface area contributed by atoms with Gasteiger partial charge in [-0.05, 0) is 47.2 Å². The third-order valence-corrected chi connectivity index (χ3v) is 5.24. The minimum Gasteiger partial charge on any atom is -0.504 e. The Balaban J connectivity index is 1.78. The quantitative estimate of drug-likeness (QED) is 0.391. The summed E-state index contributed by atoms with van der Waals surface area (Å²) in [6.45, 7) is 2.21. The summed E-state index contributed by atoms with van der Waals surface area (Å²) in [5.41, 5.74) is 2.47. The second-order valence-corrected chi connectivity index (χ2v) is 7.27. The molecule has 0 saturated heterocycles. The van der Waals surface area contributed by atoms with Crippen LogP contribution in [-0.2, 0) is 0 Å². The Morgan fingerprint density at radius 3 is 2.81 bits per heavy atom. The first-order valence-corrected chi connectivity index (χ1v) is 9.83. The molecule has 31 heavy (non-hydrogen) atoms. The number of anilines is 2. The van der Waals surface area contributed by atoms with E-state index in [0.717, 1.165) is 5.56 Å². The molecule has 3 heterocycles. The van der Waals surface area contributed by atoms with E-state index in [-0.39, 0.29) is 5.75 Å². The molecule has 2 aromatic carbocycles. The van der Waals surface area contributed by atoms with Crippen LogP contribution in [0, 0.1) is 0 Å². The maximum atomic E-state index is 12.7. The molecule has 3 N–H and O–H groups in total. The Bertz CT molecular complexity index is 1330. The van der Waals surface area contributed by atoms with Crippen LogP contribution in [-0.4, -0.2) is 42.1 Å². The molecule has 1 atom stereocenters. The molecule has 4 aromatic rings. The van der Waals surface area contributed by atoms with Crippen molar-refractivity contribution in [1.29, 1.82) is 0 Å². The molecule has 0 bridgehead atoms. The number of tetrazole rings is 1. The Hall–Kier alpha value is -3.92. The molecule has 0 spiro atoms. The standard InChI is InChI=1S/C20H16ClN7O3/c1-2-31-14-9-11(5-8-13(14)29)18-15-16(10-3-6-12(21)7-4-10)23-24-19(30)17(15)22-20-25-26-27-28(18)20/h3-9,18,29H,2H2,1H3,(H,24,30)(H,22,25,27)/t18-/m0/s1. The molecule has 0 fully saturated rings. The van der Waals surface area contributed by atoms with Gasteiger partial charge in [0.2, 0.25) is 5.95 Å². The van der Waals surface area contributed by atoms with Crippen LogP contribution in [0.2, 0.25) is 5.02 Å². The molecule has 0 aliphatic carbocycles. The predicted octanol–water partition coefficient (Wildman–Crippen LogP) is 2.88. The van der Waals surface area contributed by atoms with Gasteiger partial charge < -0.3 is 15.2 Å². The molecular formula is C20H16ClN7O3. The van der Waals surface area contributed by atoms with E-state index in [0.29, 0.717) is 45.8 Å². The highest BCUT2D eigenvalue weighted by molar-refractivity contribution is 6.30. The normalized spacial score (nSPS) is 14.5. The van der Waals surface area contributed by atoms with E-state index in [9.17, 15) is 9.90 Å². The fourth-order valence-corrected chi connectivity index (χ4v) is 3.77. The molecule has 0 amide bonds. The first kappa shape index (κ1) is 19.1. The van der Waals surface area contributed by atoms with Crippen molar-refractivity contribution in [1.82, 2.24) is 30.4 Å². The number of aromatic amines is 1. The number of nitrogens with one attached hydrogen (secondary N) is 2. The lowest BCUT2D eigenvalue weighted by atomic mass is 9.92. The summed E-state index contributed by atoms with van der Waals surface area (Å²) in [7, 11) is 0. The van der Waals surface area contributed by atoms with Crippen LogP contribution in [0.15, 0.2) is 47.3 Å². The molecule has 10 nitrogen and oxygen atoms in total. The smallest absolute Gasteiger partial charge is 0.288 e.